The van der Waals surface area contributed by atoms with E-state index in [0.717, 1.165) is 49.5 Å². The molecule has 2 aliphatic rings. The summed E-state index contributed by atoms with van der Waals surface area (Å²) in [5, 5.41) is 0. The van der Waals surface area contributed by atoms with Gasteiger partial charge in [-0.2, -0.15) is 11.8 Å². The largest absolute Gasteiger partial charge is 0.338 e. The van der Waals surface area contributed by atoms with E-state index in [4.69, 9.17) is 0 Å². The standard InChI is InChI=1S/C18H24N2O2S/c1-23-13-14-4-2-10-19(12-14)18(22)15-6-8-16(9-7-15)20-11-3-5-17(20)21/h6-9,14H,2-5,10-13H2,1H3/t14-/m0/s1. The summed E-state index contributed by atoms with van der Waals surface area (Å²) in [5.41, 5.74) is 1.63. The summed E-state index contributed by atoms with van der Waals surface area (Å²) in [6.07, 6.45) is 5.99. The highest BCUT2D eigenvalue weighted by Crippen LogP contribution is 2.24. The van der Waals surface area contributed by atoms with Gasteiger partial charge in [-0.05, 0) is 61.5 Å². The molecular formula is C18H24N2O2S. The summed E-state index contributed by atoms with van der Waals surface area (Å²) < 4.78 is 0. The predicted octanol–water partition coefficient (Wildman–Crippen LogP) is 3.03. The van der Waals surface area contributed by atoms with Gasteiger partial charge in [-0.25, -0.2) is 0 Å². The Labute approximate surface area is 142 Å². The first kappa shape index (κ1) is 16.4. The molecule has 0 bridgehead atoms. The fourth-order valence-corrected chi connectivity index (χ4v) is 4.25. The molecule has 2 heterocycles. The van der Waals surface area contributed by atoms with Gasteiger partial charge in [-0.3, -0.25) is 9.59 Å². The highest BCUT2D eigenvalue weighted by molar-refractivity contribution is 7.98. The minimum atomic E-state index is 0.120. The van der Waals surface area contributed by atoms with Gasteiger partial charge in [0.2, 0.25) is 5.91 Å². The second-order valence-corrected chi connectivity index (χ2v) is 7.32. The number of nitrogens with zero attached hydrogens (tertiary/aromatic N) is 2. The molecule has 0 radical (unpaired) electrons. The summed E-state index contributed by atoms with van der Waals surface area (Å²) in [7, 11) is 0. The molecule has 0 spiro atoms. The van der Waals surface area contributed by atoms with Crippen molar-refractivity contribution in [2.45, 2.75) is 25.7 Å². The molecule has 0 N–H and O–H groups in total. The number of amides is 2. The molecule has 23 heavy (non-hydrogen) atoms. The van der Waals surface area contributed by atoms with E-state index < -0.39 is 0 Å². The van der Waals surface area contributed by atoms with Gasteiger partial charge >= 0.3 is 0 Å². The molecule has 124 valence electrons. The van der Waals surface area contributed by atoms with E-state index in [1.165, 1.54) is 6.42 Å². The van der Waals surface area contributed by atoms with Crippen LogP contribution in [-0.2, 0) is 4.79 Å². The molecule has 2 aliphatic heterocycles. The fourth-order valence-electron chi connectivity index (χ4n) is 3.51. The summed E-state index contributed by atoms with van der Waals surface area (Å²) >= 11 is 1.86. The van der Waals surface area contributed by atoms with Crippen LogP contribution in [0, 0.1) is 5.92 Å². The minimum Gasteiger partial charge on any atom is -0.338 e. The molecule has 1 aromatic carbocycles. The Hall–Kier alpha value is -1.49. The third-order valence-electron chi connectivity index (χ3n) is 4.71. The van der Waals surface area contributed by atoms with E-state index in [1.807, 2.05) is 45.8 Å². The molecule has 0 unspecified atom stereocenters. The number of carbonyl (C=O) groups is 2. The highest BCUT2D eigenvalue weighted by atomic mass is 32.2. The quantitative estimate of drug-likeness (QED) is 0.851. The van der Waals surface area contributed by atoms with E-state index in [2.05, 4.69) is 6.26 Å². The maximum atomic E-state index is 12.7. The first-order valence-electron chi connectivity index (χ1n) is 8.37. The number of piperidine rings is 1. The smallest absolute Gasteiger partial charge is 0.253 e. The maximum Gasteiger partial charge on any atom is 0.253 e. The van der Waals surface area contributed by atoms with Crippen LogP contribution in [0.2, 0.25) is 0 Å². The molecule has 4 nitrogen and oxygen atoms in total. The Kier molecular flexibility index (Phi) is 5.26. The van der Waals surface area contributed by atoms with Gasteiger partial charge in [0, 0.05) is 37.3 Å². The zero-order valence-electron chi connectivity index (χ0n) is 13.7. The second kappa shape index (κ2) is 7.39. The van der Waals surface area contributed by atoms with Crippen molar-refractivity contribution < 1.29 is 9.59 Å². The molecule has 3 rings (SSSR count). The molecule has 2 amide bonds. The average Bonchev–Trinajstić information content (AvgIpc) is 3.01. The molecule has 0 aliphatic carbocycles. The first-order chi connectivity index (χ1) is 11.2. The SMILES string of the molecule is CSC[C@H]1CCCN(C(=O)c2ccc(N3CCCC3=O)cc2)C1. The number of carbonyl (C=O) groups excluding carboxylic acids is 2. The van der Waals surface area contributed by atoms with Crippen LogP contribution in [0.1, 0.15) is 36.0 Å². The monoisotopic (exact) mass is 332 g/mol. The fraction of sp³-hybridized carbons (Fsp3) is 0.556. The van der Waals surface area contributed by atoms with Crippen molar-refractivity contribution in [3.05, 3.63) is 29.8 Å². The number of benzene rings is 1. The summed E-state index contributed by atoms with van der Waals surface area (Å²) in [5.74, 6) is 2.04. The zero-order valence-corrected chi connectivity index (χ0v) is 14.5. The molecule has 0 aromatic heterocycles. The molecular weight excluding hydrogens is 308 g/mol. The van der Waals surface area contributed by atoms with Crippen molar-refractivity contribution in [1.29, 1.82) is 0 Å². The second-order valence-electron chi connectivity index (χ2n) is 6.41. The number of hydrogen-bond donors (Lipinski definition) is 0. The minimum absolute atomic E-state index is 0.120. The van der Waals surface area contributed by atoms with Crippen LogP contribution >= 0.6 is 11.8 Å². The summed E-state index contributed by atoms with van der Waals surface area (Å²) in [6.45, 7) is 2.51. The van der Waals surface area contributed by atoms with E-state index in [0.29, 0.717) is 12.3 Å². The molecule has 0 saturated carbocycles. The molecule has 1 atom stereocenters. The Morgan fingerprint density at radius 2 is 2.00 bits per heavy atom. The lowest BCUT2D eigenvalue weighted by molar-refractivity contribution is -0.117. The Bertz CT molecular complexity index is 571. The lowest BCUT2D eigenvalue weighted by Crippen LogP contribution is -2.40. The van der Waals surface area contributed by atoms with Crippen LogP contribution in [-0.4, -0.2) is 48.4 Å². The zero-order chi connectivity index (χ0) is 16.2. The lowest BCUT2D eigenvalue weighted by atomic mass is 9.99. The van der Waals surface area contributed by atoms with Crippen LogP contribution in [0.15, 0.2) is 24.3 Å². The lowest BCUT2D eigenvalue weighted by Gasteiger charge is -2.32. The van der Waals surface area contributed by atoms with Crippen molar-refractivity contribution in [3.8, 4) is 0 Å². The first-order valence-corrected chi connectivity index (χ1v) is 9.77. The number of hydrogen-bond acceptors (Lipinski definition) is 3. The van der Waals surface area contributed by atoms with E-state index in [1.54, 1.807) is 0 Å². The van der Waals surface area contributed by atoms with Crippen LogP contribution in [0.25, 0.3) is 0 Å². The van der Waals surface area contributed by atoms with Gasteiger partial charge in [-0.15, -0.1) is 0 Å². The van der Waals surface area contributed by atoms with Gasteiger partial charge in [0.05, 0.1) is 0 Å². The Morgan fingerprint density at radius 1 is 1.22 bits per heavy atom. The van der Waals surface area contributed by atoms with Crippen LogP contribution < -0.4 is 4.90 Å². The molecule has 2 saturated heterocycles. The maximum absolute atomic E-state index is 12.7. The third kappa shape index (κ3) is 3.71. The Morgan fingerprint density at radius 3 is 2.65 bits per heavy atom. The predicted molar refractivity (Wildman–Crippen MR) is 95.0 cm³/mol. The van der Waals surface area contributed by atoms with Crippen molar-refractivity contribution >= 4 is 29.3 Å². The van der Waals surface area contributed by atoms with Gasteiger partial charge in [0.25, 0.3) is 5.91 Å². The third-order valence-corrected chi connectivity index (χ3v) is 5.51. The average molecular weight is 332 g/mol. The van der Waals surface area contributed by atoms with Crippen molar-refractivity contribution in [3.63, 3.8) is 0 Å². The summed E-state index contributed by atoms with van der Waals surface area (Å²) in [4.78, 5) is 28.3. The van der Waals surface area contributed by atoms with Crippen molar-refractivity contribution in [2.24, 2.45) is 5.92 Å². The number of rotatable bonds is 4. The van der Waals surface area contributed by atoms with Gasteiger partial charge in [-0.1, -0.05) is 0 Å². The van der Waals surface area contributed by atoms with Crippen molar-refractivity contribution in [2.75, 3.05) is 36.5 Å². The number of likely N-dealkylation sites (tertiary alicyclic amines) is 1. The van der Waals surface area contributed by atoms with Crippen molar-refractivity contribution in [1.82, 2.24) is 4.90 Å². The van der Waals surface area contributed by atoms with Gasteiger partial charge in [0.15, 0.2) is 0 Å². The number of thioether (sulfide) groups is 1. The molecule has 5 heteroatoms. The van der Waals surface area contributed by atoms with Crippen LogP contribution in [0.4, 0.5) is 5.69 Å². The van der Waals surface area contributed by atoms with Gasteiger partial charge < -0.3 is 9.80 Å². The van der Waals surface area contributed by atoms with Gasteiger partial charge in [0.1, 0.15) is 0 Å². The Balaban J connectivity index is 1.66. The van der Waals surface area contributed by atoms with E-state index >= 15 is 0 Å². The highest BCUT2D eigenvalue weighted by Gasteiger charge is 2.25. The topological polar surface area (TPSA) is 40.6 Å². The molecule has 1 aromatic rings. The van der Waals surface area contributed by atoms with Crippen LogP contribution in [0.5, 0.6) is 0 Å². The number of anilines is 1. The normalized spacial score (nSPS) is 21.8. The van der Waals surface area contributed by atoms with E-state index in [9.17, 15) is 9.59 Å². The van der Waals surface area contributed by atoms with E-state index in [-0.39, 0.29) is 11.8 Å². The molecule has 2 fully saturated rings. The summed E-state index contributed by atoms with van der Waals surface area (Å²) in [6, 6.07) is 7.53. The van der Waals surface area contributed by atoms with Crippen LogP contribution in [0.3, 0.4) is 0 Å².